The molecule has 7 heteroatoms. The quantitative estimate of drug-likeness (QED) is 0.844. The highest BCUT2D eigenvalue weighted by molar-refractivity contribution is 7.89. The summed E-state index contributed by atoms with van der Waals surface area (Å²) in [6.07, 6.45) is 1.27. The van der Waals surface area contributed by atoms with Crippen molar-refractivity contribution in [2.24, 2.45) is 5.92 Å². The summed E-state index contributed by atoms with van der Waals surface area (Å²) in [7, 11) is -3.41. The van der Waals surface area contributed by atoms with Gasteiger partial charge in [0.05, 0.1) is 11.3 Å². The van der Waals surface area contributed by atoms with Gasteiger partial charge in [-0.15, -0.1) is 0 Å². The fraction of sp³-hybridized carbons (Fsp3) is 0.467. The van der Waals surface area contributed by atoms with E-state index < -0.39 is 10.0 Å². The lowest BCUT2D eigenvalue weighted by molar-refractivity contribution is 0.377. The van der Waals surface area contributed by atoms with E-state index in [1.807, 2.05) is 0 Å². The van der Waals surface area contributed by atoms with E-state index in [1.165, 1.54) is 0 Å². The number of nitrogens with one attached hydrogen (secondary N) is 1. The first-order chi connectivity index (χ1) is 10.4. The highest BCUT2D eigenvalue weighted by Crippen LogP contribution is 2.14. The van der Waals surface area contributed by atoms with E-state index in [0.29, 0.717) is 30.6 Å². The monoisotopic (exact) mass is 323 g/mol. The van der Waals surface area contributed by atoms with Gasteiger partial charge < -0.3 is 4.52 Å². The second kappa shape index (κ2) is 7.02. The Hall–Kier alpha value is -1.73. The number of aromatic nitrogens is 2. The third kappa shape index (κ3) is 4.38. The number of nitrogens with zero attached hydrogens (tertiary/aromatic N) is 2. The van der Waals surface area contributed by atoms with Gasteiger partial charge in [-0.25, -0.2) is 13.1 Å². The van der Waals surface area contributed by atoms with Crippen molar-refractivity contribution in [1.82, 2.24) is 14.9 Å². The van der Waals surface area contributed by atoms with Crippen LogP contribution in [0.1, 0.15) is 38.0 Å². The fourth-order valence-electron chi connectivity index (χ4n) is 2.04. The molecule has 0 fully saturated rings. The predicted octanol–water partition coefficient (Wildman–Crippen LogP) is 2.16. The molecule has 1 N–H and O–H groups in total. The van der Waals surface area contributed by atoms with Crippen LogP contribution in [0.3, 0.4) is 0 Å². The van der Waals surface area contributed by atoms with Crippen molar-refractivity contribution < 1.29 is 12.9 Å². The standard InChI is InChI=1S/C15H21N3O3S/c1-4-16-22(19,20)13-7-5-12(6-8-13)10-15-17-14(18-21-15)9-11(2)3/h5-8,11,16H,4,9-10H2,1-3H3. The van der Waals surface area contributed by atoms with Crippen LogP contribution < -0.4 is 4.72 Å². The summed E-state index contributed by atoms with van der Waals surface area (Å²) < 4.78 is 31.4. The Balaban J connectivity index is 2.07. The lowest BCUT2D eigenvalue weighted by Gasteiger charge is -2.05. The van der Waals surface area contributed by atoms with Gasteiger partial charge in [-0.05, 0) is 23.6 Å². The second-order valence-corrected chi connectivity index (χ2v) is 7.29. The number of benzene rings is 1. The Morgan fingerprint density at radius 3 is 2.50 bits per heavy atom. The Kier molecular flexibility index (Phi) is 5.31. The third-order valence-corrected chi connectivity index (χ3v) is 4.59. The molecule has 1 aromatic heterocycles. The van der Waals surface area contributed by atoms with Crippen molar-refractivity contribution in [2.45, 2.75) is 38.5 Å². The Morgan fingerprint density at radius 2 is 1.91 bits per heavy atom. The van der Waals surface area contributed by atoms with Crippen molar-refractivity contribution in [1.29, 1.82) is 0 Å². The number of sulfonamides is 1. The van der Waals surface area contributed by atoms with E-state index in [-0.39, 0.29) is 4.90 Å². The zero-order valence-corrected chi connectivity index (χ0v) is 13.9. The summed E-state index contributed by atoms with van der Waals surface area (Å²) in [5.41, 5.74) is 0.926. The lowest BCUT2D eigenvalue weighted by Crippen LogP contribution is -2.23. The van der Waals surface area contributed by atoms with Gasteiger partial charge in [0.2, 0.25) is 15.9 Å². The fourth-order valence-corrected chi connectivity index (χ4v) is 3.09. The van der Waals surface area contributed by atoms with Crippen molar-refractivity contribution in [3.8, 4) is 0 Å². The molecule has 1 aromatic carbocycles. The summed E-state index contributed by atoms with van der Waals surface area (Å²) in [6, 6.07) is 6.69. The van der Waals surface area contributed by atoms with Crippen LogP contribution in [0.5, 0.6) is 0 Å². The average molecular weight is 323 g/mol. The SMILES string of the molecule is CCNS(=O)(=O)c1ccc(Cc2nc(CC(C)C)no2)cc1. The van der Waals surface area contributed by atoms with Gasteiger partial charge in [-0.1, -0.05) is 38.1 Å². The zero-order valence-electron chi connectivity index (χ0n) is 13.0. The molecule has 0 saturated heterocycles. The average Bonchev–Trinajstić information content (AvgIpc) is 2.85. The summed E-state index contributed by atoms with van der Waals surface area (Å²) in [6.45, 7) is 6.31. The van der Waals surface area contributed by atoms with Crippen molar-refractivity contribution >= 4 is 10.0 Å². The minimum atomic E-state index is -3.41. The maximum absolute atomic E-state index is 11.9. The Morgan fingerprint density at radius 1 is 1.23 bits per heavy atom. The molecule has 0 saturated carbocycles. The summed E-state index contributed by atoms with van der Waals surface area (Å²) >= 11 is 0. The largest absolute Gasteiger partial charge is 0.339 e. The molecular weight excluding hydrogens is 302 g/mol. The van der Waals surface area contributed by atoms with Gasteiger partial charge in [0.1, 0.15) is 0 Å². The molecule has 0 spiro atoms. The van der Waals surface area contributed by atoms with Crippen molar-refractivity contribution in [3.63, 3.8) is 0 Å². The molecule has 0 radical (unpaired) electrons. The smallest absolute Gasteiger partial charge is 0.240 e. The van der Waals surface area contributed by atoms with Crippen LogP contribution in [0.25, 0.3) is 0 Å². The lowest BCUT2D eigenvalue weighted by atomic mass is 10.1. The zero-order chi connectivity index (χ0) is 16.2. The van der Waals surface area contributed by atoms with Crippen LogP contribution >= 0.6 is 0 Å². The van der Waals surface area contributed by atoms with Crippen LogP contribution in [0.4, 0.5) is 0 Å². The first kappa shape index (κ1) is 16.6. The molecule has 0 atom stereocenters. The van der Waals surface area contributed by atoms with Crippen molar-refractivity contribution in [3.05, 3.63) is 41.5 Å². The van der Waals surface area contributed by atoms with E-state index >= 15 is 0 Å². The van der Waals surface area contributed by atoms with E-state index in [0.717, 1.165) is 12.0 Å². The van der Waals surface area contributed by atoms with Crippen LogP contribution in [-0.2, 0) is 22.9 Å². The van der Waals surface area contributed by atoms with Gasteiger partial charge in [0.25, 0.3) is 0 Å². The van der Waals surface area contributed by atoms with E-state index in [1.54, 1.807) is 31.2 Å². The highest BCUT2D eigenvalue weighted by atomic mass is 32.2. The van der Waals surface area contributed by atoms with Gasteiger partial charge >= 0.3 is 0 Å². The van der Waals surface area contributed by atoms with Gasteiger partial charge in [-0.2, -0.15) is 4.98 Å². The molecule has 0 aliphatic carbocycles. The Labute approximate surface area is 131 Å². The summed E-state index contributed by atoms with van der Waals surface area (Å²) in [4.78, 5) is 4.59. The van der Waals surface area contributed by atoms with Gasteiger partial charge in [0.15, 0.2) is 5.82 Å². The van der Waals surface area contributed by atoms with Crippen LogP contribution in [0.2, 0.25) is 0 Å². The second-order valence-electron chi connectivity index (χ2n) is 5.52. The Bertz CT molecular complexity index is 706. The van der Waals surface area contributed by atoms with Crippen LogP contribution in [0, 0.1) is 5.92 Å². The normalized spacial score (nSPS) is 12.0. The van der Waals surface area contributed by atoms with Gasteiger partial charge in [-0.3, -0.25) is 0 Å². The molecule has 0 bridgehead atoms. The molecule has 0 amide bonds. The molecule has 0 aliphatic heterocycles. The number of rotatable bonds is 7. The first-order valence-electron chi connectivity index (χ1n) is 7.30. The van der Waals surface area contributed by atoms with Crippen LogP contribution in [-0.4, -0.2) is 25.1 Å². The topological polar surface area (TPSA) is 85.1 Å². The number of hydrogen-bond donors (Lipinski definition) is 1. The molecule has 0 unspecified atom stereocenters. The minimum Gasteiger partial charge on any atom is -0.339 e. The molecule has 120 valence electrons. The molecule has 22 heavy (non-hydrogen) atoms. The maximum Gasteiger partial charge on any atom is 0.240 e. The van der Waals surface area contributed by atoms with Gasteiger partial charge in [0, 0.05) is 13.0 Å². The summed E-state index contributed by atoms with van der Waals surface area (Å²) in [5, 5.41) is 3.94. The van der Waals surface area contributed by atoms with E-state index in [9.17, 15) is 8.42 Å². The molecule has 0 aliphatic rings. The molecule has 2 rings (SSSR count). The predicted molar refractivity (Wildman–Crippen MR) is 83.0 cm³/mol. The number of hydrogen-bond acceptors (Lipinski definition) is 5. The third-order valence-electron chi connectivity index (χ3n) is 3.02. The molecule has 1 heterocycles. The summed E-state index contributed by atoms with van der Waals surface area (Å²) in [5.74, 6) is 1.72. The van der Waals surface area contributed by atoms with Crippen molar-refractivity contribution in [2.75, 3.05) is 6.54 Å². The molecular formula is C15H21N3O3S. The maximum atomic E-state index is 11.9. The van der Waals surface area contributed by atoms with E-state index in [2.05, 4.69) is 28.7 Å². The highest BCUT2D eigenvalue weighted by Gasteiger charge is 2.13. The molecule has 6 nitrogen and oxygen atoms in total. The minimum absolute atomic E-state index is 0.254. The van der Waals surface area contributed by atoms with E-state index in [4.69, 9.17) is 4.52 Å². The molecule has 2 aromatic rings. The van der Waals surface area contributed by atoms with Crippen LogP contribution in [0.15, 0.2) is 33.7 Å². The first-order valence-corrected chi connectivity index (χ1v) is 8.79.